The molecule has 0 atom stereocenters. The summed E-state index contributed by atoms with van der Waals surface area (Å²) in [5.41, 5.74) is 2.25. The van der Waals surface area contributed by atoms with Gasteiger partial charge in [0.2, 0.25) is 0 Å². The van der Waals surface area contributed by atoms with Crippen molar-refractivity contribution < 1.29 is 4.79 Å². The normalized spacial score (nSPS) is 11.6. The lowest BCUT2D eigenvalue weighted by atomic mass is 10.1. The molecule has 0 saturated heterocycles. The van der Waals surface area contributed by atoms with Gasteiger partial charge in [0.1, 0.15) is 11.3 Å². The van der Waals surface area contributed by atoms with E-state index in [1.54, 1.807) is 0 Å². The topological polar surface area (TPSA) is 37.6 Å². The Bertz CT molecular complexity index is 666. The molecular weight excluding hydrogens is 342 g/mol. The highest BCUT2D eigenvalue weighted by molar-refractivity contribution is 9.10. The van der Waals surface area contributed by atoms with Crippen LogP contribution in [0.15, 0.2) is 22.8 Å². The molecule has 22 heavy (non-hydrogen) atoms. The number of aromatic nitrogens is 2. The number of imidazole rings is 1. The van der Waals surface area contributed by atoms with E-state index in [2.05, 4.69) is 48.6 Å². The van der Waals surface area contributed by atoms with E-state index >= 15 is 0 Å². The minimum absolute atomic E-state index is 0.0606. The second-order valence-corrected chi connectivity index (χ2v) is 7.53. The molecule has 0 saturated carbocycles. The number of hydrogen-bond donors (Lipinski definition) is 0. The summed E-state index contributed by atoms with van der Waals surface area (Å²) in [6, 6.07) is 3.86. The van der Waals surface area contributed by atoms with E-state index in [9.17, 15) is 4.79 Å². The Morgan fingerprint density at radius 2 is 1.82 bits per heavy atom. The summed E-state index contributed by atoms with van der Waals surface area (Å²) in [4.78, 5) is 19.5. The van der Waals surface area contributed by atoms with Crippen molar-refractivity contribution in [3.8, 4) is 0 Å². The third kappa shape index (κ3) is 3.69. The Hall–Kier alpha value is -1.36. The van der Waals surface area contributed by atoms with E-state index in [0.29, 0.717) is 17.5 Å². The van der Waals surface area contributed by atoms with Gasteiger partial charge < -0.3 is 4.90 Å². The summed E-state index contributed by atoms with van der Waals surface area (Å²) in [5.74, 6) is 0.938. The Morgan fingerprint density at radius 1 is 1.23 bits per heavy atom. The van der Waals surface area contributed by atoms with Crippen molar-refractivity contribution in [3.05, 3.63) is 34.2 Å². The van der Waals surface area contributed by atoms with Crippen LogP contribution in [0, 0.1) is 18.8 Å². The summed E-state index contributed by atoms with van der Waals surface area (Å²) in [6.45, 7) is 12.0. The van der Waals surface area contributed by atoms with Crippen LogP contribution in [0.4, 0.5) is 0 Å². The first-order valence-electron chi connectivity index (χ1n) is 7.73. The van der Waals surface area contributed by atoms with Crippen LogP contribution in [0.3, 0.4) is 0 Å². The molecular formula is C17H24BrN3O. The van der Waals surface area contributed by atoms with Crippen molar-refractivity contribution in [2.45, 2.75) is 34.6 Å². The fraction of sp³-hybridized carbons (Fsp3) is 0.529. The molecule has 1 amide bonds. The molecule has 2 aromatic rings. The highest BCUT2D eigenvalue weighted by atomic mass is 79.9. The largest absolute Gasteiger partial charge is 0.337 e. The summed E-state index contributed by atoms with van der Waals surface area (Å²) in [5, 5.41) is 0. The molecule has 0 aromatic carbocycles. The lowest BCUT2D eigenvalue weighted by Crippen LogP contribution is -2.38. The Labute approximate surface area is 140 Å². The van der Waals surface area contributed by atoms with Crippen LogP contribution < -0.4 is 0 Å². The van der Waals surface area contributed by atoms with E-state index in [4.69, 9.17) is 0 Å². The number of aryl methyl sites for hydroxylation is 1. The van der Waals surface area contributed by atoms with Crippen molar-refractivity contribution in [2.75, 3.05) is 13.1 Å². The molecule has 120 valence electrons. The van der Waals surface area contributed by atoms with E-state index in [-0.39, 0.29) is 5.91 Å². The van der Waals surface area contributed by atoms with Crippen LogP contribution in [-0.4, -0.2) is 33.3 Å². The highest BCUT2D eigenvalue weighted by Crippen LogP contribution is 2.19. The lowest BCUT2D eigenvalue weighted by Gasteiger charge is -2.26. The summed E-state index contributed by atoms with van der Waals surface area (Å²) >= 11 is 3.47. The van der Waals surface area contributed by atoms with Crippen molar-refractivity contribution in [1.29, 1.82) is 0 Å². The van der Waals surface area contributed by atoms with Crippen molar-refractivity contribution in [1.82, 2.24) is 14.3 Å². The zero-order valence-electron chi connectivity index (χ0n) is 13.9. The van der Waals surface area contributed by atoms with Gasteiger partial charge in [0.05, 0.1) is 5.69 Å². The van der Waals surface area contributed by atoms with E-state index in [0.717, 1.165) is 28.9 Å². The molecule has 2 heterocycles. The lowest BCUT2D eigenvalue weighted by molar-refractivity contribution is 0.0707. The van der Waals surface area contributed by atoms with Gasteiger partial charge in [-0.1, -0.05) is 27.7 Å². The number of hydrogen-bond acceptors (Lipinski definition) is 2. The summed E-state index contributed by atoms with van der Waals surface area (Å²) < 4.78 is 2.82. The number of rotatable bonds is 5. The maximum atomic E-state index is 13.1. The fourth-order valence-corrected chi connectivity index (χ4v) is 3.00. The van der Waals surface area contributed by atoms with Crippen molar-refractivity contribution >= 4 is 27.5 Å². The maximum Gasteiger partial charge on any atom is 0.272 e. The zero-order valence-corrected chi connectivity index (χ0v) is 15.5. The minimum atomic E-state index is 0.0606. The SMILES string of the molecule is Cc1nc2ccc(Br)cn2c1C(=O)N(CC(C)C)CC(C)C. The first-order chi connectivity index (χ1) is 10.3. The second kappa shape index (κ2) is 6.82. The van der Waals surface area contributed by atoms with Gasteiger partial charge in [-0.2, -0.15) is 0 Å². The van der Waals surface area contributed by atoms with Gasteiger partial charge in [-0.3, -0.25) is 9.20 Å². The summed E-state index contributed by atoms with van der Waals surface area (Å²) in [7, 11) is 0. The van der Waals surface area contributed by atoms with Crippen LogP contribution in [-0.2, 0) is 0 Å². The Balaban J connectivity index is 2.45. The first-order valence-corrected chi connectivity index (χ1v) is 8.52. The molecule has 0 unspecified atom stereocenters. The van der Waals surface area contributed by atoms with Crippen molar-refractivity contribution in [3.63, 3.8) is 0 Å². The zero-order chi connectivity index (χ0) is 16.4. The molecule has 0 aliphatic carbocycles. The average Bonchev–Trinajstić information content (AvgIpc) is 2.71. The third-order valence-electron chi connectivity index (χ3n) is 3.42. The van der Waals surface area contributed by atoms with Crippen LogP contribution in [0.1, 0.15) is 43.9 Å². The maximum absolute atomic E-state index is 13.1. The van der Waals surface area contributed by atoms with Gasteiger partial charge in [0.15, 0.2) is 0 Å². The van der Waals surface area contributed by atoms with Gasteiger partial charge in [-0.15, -0.1) is 0 Å². The summed E-state index contributed by atoms with van der Waals surface area (Å²) in [6.07, 6.45) is 1.91. The molecule has 0 radical (unpaired) electrons. The molecule has 0 aliphatic rings. The molecule has 5 heteroatoms. The first kappa shape index (κ1) is 17.0. The van der Waals surface area contributed by atoms with E-state index in [1.165, 1.54) is 0 Å². The number of carbonyl (C=O) groups excluding carboxylic acids is 1. The quantitative estimate of drug-likeness (QED) is 0.797. The molecule has 0 N–H and O–H groups in total. The number of carbonyl (C=O) groups is 1. The van der Waals surface area contributed by atoms with Crippen LogP contribution in [0.2, 0.25) is 0 Å². The van der Waals surface area contributed by atoms with Gasteiger partial charge in [0, 0.05) is 23.8 Å². The Kier molecular flexibility index (Phi) is 5.27. The molecule has 0 aliphatic heterocycles. The van der Waals surface area contributed by atoms with Crippen LogP contribution >= 0.6 is 15.9 Å². The number of halogens is 1. The number of fused-ring (bicyclic) bond motifs is 1. The van der Waals surface area contributed by atoms with Gasteiger partial charge >= 0.3 is 0 Å². The van der Waals surface area contributed by atoms with Gasteiger partial charge in [0.25, 0.3) is 5.91 Å². The molecule has 4 nitrogen and oxygen atoms in total. The molecule has 2 rings (SSSR count). The van der Waals surface area contributed by atoms with Crippen LogP contribution in [0.5, 0.6) is 0 Å². The van der Waals surface area contributed by atoms with Gasteiger partial charge in [-0.25, -0.2) is 4.98 Å². The second-order valence-electron chi connectivity index (χ2n) is 6.62. The standard InChI is InChI=1S/C17H24BrN3O/c1-11(2)8-20(9-12(3)4)17(22)16-13(5)19-15-7-6-14(18)10-21(15)16/h6-7,10-12H,8-9H2,1-5H3. The van der Waals surface area contributed by atoms with E-state index in [1.807, 2.05) is 34.6 Å². The smallest absolute Gasteiger partial charge is 0.272 e. The monoisotopic (exact) mass is 365 g/mol. The molecule has 0 bridgehead atoms. The number of nitrogens with zero attached hydrogens (tertiary/aromatic N) is 3. The minimum Gasteiger partial charge on any atom is -0.337 e. The molecule has 0 fully saturated rings. The highest BCUT2D eigenvalue weighted by Gasteiger charge is 2.23. The van der Waals surface area contributed by atoms with Crippen molar-refractivity contribution in [2.24, 2.45) is 11.8 Å². The average molecular weight is 366 g/mol. The predicted octanol–water partition coefficient (Wildman–Crippen LogP) is 4.16. The molecule has 2 aromatic heterocycles. The third-order valence-corrected chi connectivity index (χ3v) is 3.89. The Morgan fingerprint density at radius 3 is 2.36 bits per heavy atom. The predicted molar refractivity (Wildman–Crippen MR) is 93.2 cm³/mol. The molecule has 0 spiro atoms. The fourth-order valence-electron chi connectivity index (χ4n) is 2.67. The van der Waals surface area contributed by atoms with Gasteiger partial charge in [-0.05, 0) is 46.8 Å². The number of pyridine rings is 1. The van der Waals surface area contributed by atoms with E-state index < -0.39 is 0 Å². The number of amides is 1. The van der Waals surface area contributed by atoms with Crippen LogP contribution in [0.25, 0.3) is 5.65 Å².